The van der Waals surface area contributed by atoms with E-state index < -0.39 is 29.0 Å². The lowest BCUT2D eigenvalue weighted by atomic mass is 10.2. The summed E-state index contributed by atoms with van der Waals surface area (Å²) in [6.07, 6.45) is 0. The molecule has 0 spiro atoms. The number of aromatic amines is 1. The first-order valence-electron chi connectivity index (χ1n) is 5.95. The molecule has 0 atom stereocenters. The van der Waals surface area contributed by atoms with Crippen LogP contribution in [0.1, 0.15) is 10.5 Å². The van der Waals surface area contributed by atoms with E-state index in [0.717, 1.165) is 0 Å². The number of rotatable bonds is 2. The van der Waals surface area contributed by atoms with Crippen molar-refractivity contribution in [1.82, 2.24) is 10.2 Å². The number of H-pyrrole nitrogens is 1. The average molecular weight is 291 g/mol. The maximum atomic E-state index is 13.5. The van der Waals surface area contributed by atoms with E-state index in [-0.39, 0.29) is 5.69 Å². The zero-order valence-corrected chi connectivity index (χ0v) is 10.5. The third-order valence-electron chi connectivity index (χ3n) is 2.93. The van der Waals surface area contributed by atoms with Crippen LogP contribution in [-0.2, 0) is 0 Å². The van der Waals surface area contributed by atoms with E-state index in [1.165, 1.54) is 0 Å². The number of anilines is 1. The van der Waals surface area contributed by atoms with Gasteiger partial charge in [-0.05, 0) is 6.07 Å². The van der Waals surface area contributed by atoms with Gasteiger partial charge in [-0.2, -0.15) is 5.10 Å². The summed E-state index contributed by atoms with van der Waals surface area (Å²) in [5.74, 6) is -4.46. The van der Waals surface area contributed by atoms with Crippen LogP contribution in [0.3, 0.4) is 0 Å². The van der Waals surface area contributed by atoms with Crippen LogP contribution in [0.4, 0.5) is 18.9 Å². The molecule has 0 fully saturated rings. The summed E-state index contributed by atoms with van der Waals surface area (Å²) in [6, 6.07) is 7.92. The minimum absolute atomic E-state index is 0.00895. The third-order valence-corrected chi connectivity index (χ3v) is 2.93. The van der Waals surface area contributed by atoms with Gasteiger partial charge in [-0.1, -0.05) is 18.2 Å². The monoisotopic (exact) mass is 291 g/mol. The molecule has 21 heavy (non-hydrogen) atoms. The van der Waals surface area contributed by atoms with Crippen LogP contribution >= 0.6 is 0 Å². The van der Waals surface area contributed by atoms with E-state index in [1.807, 2.05) is 0 Å². The summed E-state index contributed by atoms with van der Waals surface area (Å²) < 4.78 is 39.7. The molecule has 1 heterocycles. The smallest absolute Gasteiger partial charge is 0.276 e. The molecule has 0 saturated carbocycles. The number of aromatic nitrogens is 2. The first kappa shape index (κ1) is 13.2. The van der Waals surface area contributed by atoms with Gasteiger partial charge in [-0.15, -0.1) is 0 Å². The first-order chi connectivity index (χ1) is 10.1. The molecule has 0 aliphatic carbocycles. The van der Waals surface area contributed by atoms with Crippen molar-refractivity contribution in [3.05, 3.63) is 59.5 Å². The van der Waals surface area contributed by atoms with Crippen molar-refractivity contribution in [1.29, 1.82) is 0 Å². The van der Waals surface area contributed by atoms with Crippen LogP contribution in [0.2, 0.25) is 0 Å². The minimum atomic E-state index is -1.38. The standard InChI is InChI=1S/C14H8F3N3O/c15-7-5-9(16)12(17)11(6-7)18-14(21)13-8-3-1-2-4-10(8)19-20-13/h1-6H,(H,18,21)(H,19,20). The van der Waals surface area contributed by atoms with Crippen molar-refractivity contribution in [2.24, 2.45) is 0 Å². The maximum absolute atomic E-state index is 13.5. The summed E-state index contributed by atoms with van der Waals surface area (Å²) in [6.45, 7) is 0. The number of nitrogens with one attached hydrogen (secondary N) is 2. The van der Waals surface area contributed by atoms with Crippen molar-refractivity contribution >= 4 is 22.5 Å². The Morgan fingerprint density at radius 1 is 1.14 bits per heavy atom. The van der Waals surface area contributed by atoms with Crippen LogP contribution in [0.15, 0.2) is 36.4 Å². The molecule has 0 aliphatic rings. The Kier molecular flexibility index (Phi) is 3.09. The molecule has 1 amide bonds. The predicted octanol–water partition coefficient (Wildman–Crippen LogP) is 3.23. The van der Waals surface area contributed by atoms with Crippen molar-refractivity contribution in [3.8, 4) is 0 Å². The molecule has 0 unspecified atom stereocenters. The first-order valence-corrected chi connectivity index (χ1v) is 5.95. The van der Waals surface area contributed by atoms with E-state index in [9.17, 15) is 18.0 Å². The molecular weight excluding hydrogens is 283 g/mol. The van der Waals surface area contributed by atoms with Gasteiger partial charge >= 0.3 is 0 Å². The number of carbonyl (C=O) groups excluding carboxylic acids is 1. The number of hydrogen-bond acceptors (Lipinski definition) is 2. The number of hydrogen-bond donors (Lipinski definition) is 2. The Morgan fingerprint density at radius 3 is 2.71 bits per heavy atom. The van der Waals surface area contributed by atoms with Crippen molar-refractivity contribution in [2.45, 2.75) is 0 Å². The molecule has 0 aliphatic heterocycles. The highest BCUT2D eigenvalue weighted by atomic mass is 19.2. The van der Waals surface area contributed by atoms with E-state index in [0.29, 0.717) is 23.0 Å². The van der Waals surface area contributed by atoms with Gasteiger partial charge in [0, 0.05) is 17.5 Å². The van der Waals surface area contributed by atoms with Crippen molar-refractivity contribution in [2.75, 3.05) is 5.32 Å². The van der Waals surface area contributed by atoms with Crippen LogP contribution in [0.25, 0.3) is 10.9 Å². The topological polar surface area (TPSA) is 57.8 Å². The number of benzene rings is 2. The molecule has 106 valence electrons. The van der Waals surface area contributed by atoms with E-state index in [2.05, 4.69) is 15.5 Å². The Labute approximate surface area is 116 Å². The highest BCUT2D eigenvalue weighted by molar-refractivity contribution is 6.11. The summed E-state index contributed by atoms with van der Waals surface area (Å²) in [5, 5.41) is 9.09. The Bertz CT molecular complexity index is 845. The summed E-state index contributed by atoms with van der Waals surface area (Å²) in [7, 11) is 0. The molecule has 2 N–H and O–H groups in total. The largest absolute Gasteiger partial charge is 0.318 e. The van der Waals surface area contributed by atoms with Gasteiger partial charge < -0.3 is 5.32 Å². The lowest BCUT2D eigenvalue weighted by molar-refractivity contribution is 0.102. The second-order valence-electron chi connectivity index (χ2n) is 4.32. The number of para-hydroxylation sites is 1. The molecular formula is C14H8F3N3O. The van der Waals surface area contributed by atoms with E-state index in [1.54, 1.807) is 24.3 Å². The van der Waals surface area contributed by atoms with E-state index in [4.69, 9.17) is 0 Å². The average Bonchev–Trinajstić information content (AvgIpc) is 2.88. The number of halogens is 3. The fourth-order valence-electron chi connectivity index (χ4n) is 1.97. The normalized spacial score (nSPS) is 10.8. The molecule has 3 rings (SSSR count). The summed E-state index contributed by atoms with van der Waals surface area (Å²) in [4.78, 5) is 12.1. The fraction of sp³-hybridized carbons (Fsp3) is 0. The van der Waals surface area contributed by atoms with Gasteiger partial charge in [0.15, 0.2) is 17.3 Å². The number of nitrogens with zero attached hydrogens (tertiary/aromatic N) is 1. The van der Waals surface area contributed by atoms with Crippen LogP contribution in [-0.4, -0.2) is 16.1 Å². The van der Waals surface area contributed by atoms with Crippen LogP contribution in [0, 0.1) is 17.5 Å². The quantitative estimate of drug-likeness (QED) is 0.712. The molecule has 4 nitrogen and oxygen atoms in total. The molecule has 0 bridgehead atoms. The summed E-state index contributed by atoms with van der Waals surface area (Å²) >= 11 is 0. The van der Waals surface area contributed by atoms with Crippen LogP contribution < -0.4 is 5.32 Å². The number of carbonyl (C=O) groups is 1. The molecule has 3 aromatic rings. The molecule has 0 saturated heterocycles. The Balaban J connectivity index is 1.97. The molecule has 7 heteroatoms. The van der Waals surface area contributed by atoms with Crippen molar-refractivity contribution in [3.63, 3.8) is 0 Å². The fourth-order valence-corrected chi connectivity index (χ4v) is 1.97. The minimum Gasteiger partial charge on any atom is -0.318 e. The highest BCUT2D eigenvalue weighted by Gasteiger charge is 2.18. The molecule has 2 aromatic carbocycles. The predicted molar refractivity (Wildman–Crippen MR) is 70.4 cm³/mol. The lowest BCUT2D eigenvalue weighted by Crippen LogP contribution is -2.14. The van der Waals surface area contributed by atoms with Gasteiger partial charge in [0.2, 0.25) is 0 Å². The second kappa shape index (κ2) is 4.93. The lowest BCUT2D eigenvalue weighted by Gasteiger charge is -2.06. The number of amides is 1. The molecule has 0 radical (unpaired) electrons. The highest BCUT2D eigenvalue weighted by Crippen LogP contribution is 2.21. The van der Waals surface area contributed by atoms with Gasteiger partial charge in [0.25, 0.3) is 5.91 Å². The molecule has 1 aromatic heterocycles. The van der Waals surface area contributed by atoms with E-state index >= 15 is 0 Å². The Morgan fingerprint density at radius 2 is 1.90 bits per heavy atom. The summed E-state index contributed by atoms with van der Waals surface area (Å²) in [5.41, 5.74) is 0.0489. The number of fused-ring (bicyclic) bond motifs is 1. The maximum Gasteiger partial charge on any atom is 0.276 e. The third kappa shape index (κ3) is 2.33. The second-order valence-corrected chi connectivity index (χ2v) is 4.32. The van der Waals surface area contributed by atoms with Gasteiger partial charge in [-0.3, -0.25) is 9.89 Å². The Hall–Kier alpha value is -2.83. The van der Waals surface area contributed by atoms with Gasteiger partial charge in [0.05, 0.1) is 11.2 Å². The van der Waals surface area contributed by atoms with Gasteiger partial charge in [0.1, 0.15) is 5.82 Å². The van der Waals surface area contributed by atoms with Crippen molar-refractivity contribution < 1.29 is 18.0 Å². The zero-order chi connectivity index (χ0) is 15.0. The zero-order valence-electron chi connectivity index (χ0n) is 10.5. The van der Waals surface area contributed by atoms with Crippen LogP contribution in [0.5, 0.6) is 0 Å². The van der Waals surface area contributed by atoms with Gasteiger partial charge in [-0.25, -0.2) is 13.2 Å². The SMILES string of the molecule is O=C(Nc1cc(F)cc(F)c1F)c1n[nH]c2ccccc12.